The molecule has 0 spiro atoms. The second kappa shape index (κ2) is 4.84. The maximum atomic E-state index is 5.79. The molecule has 2 N–H and O–H groups in total. The quantitative estimate of drug-likeness (QED) is 0.642. The number of hydrogen-bond acceptors (Lipinski definition) is 4. The van der Waals surface area contributed by atoms with Gasteiger partial charge in [-0.05, 0) is 5.92 Å². The largest absolute Gasteiger partial charge is 0.394 e. The van der Waals surface area contributed by atoms with Crippen LogP contribution < -0.4 is 5.73 Å². The van der Waals surface area contributed by atoms with Gasteiger partial charge in [0.2, 0.25) is 0 Å². The van der Waals surface area contributed by atoms with Crippen molar-refractivity contribution in [1.82, 2.24) is 9.97 Å². The number of nitrogens with two attached hydrogens (primary N) is 1. The Labute approximate surface area is 93.5 Å². The van der Waals surface area contributed by atoms with Crippen LogP contribution in [0, 0.1) is 5.92 Å². The molecule has 0 aliphatic rings. The van der Waals surface area contributed by atoms with E-state index in [0.717, 1.165) is 5.03 Å². The van der Waals surface area contributed by atoms with Crippen LogP contribution in [0.15, 0.2) is 11.4 Å². The maximum absolute atomic E-state index is 5.79. The van der Waals surface area contributed by atoms with Gasteiger partial charge in [-0.25, -0.2) is 9.97 Å². The summed E-state index contributed by atoms with van der Waals surface area (Å²) in [5.41, 5.74) is 6.23. The van der Waals surface area contributed by atoms with Gasteiger partial charge in [0.1, 0.15) is 17.0 Å². The second-order valence-electron chi connectivity index (χ2n) is 3.45. The fourth-order valence-electron chi connectivity index (χ4n) is 0.765. The van der Waals surface area contributed by atoms with Crippen molar-refractivity contribution < 1.29 is 0 Å². The first-order valence-electron chi connectivity index (χ1n) is 4.45. The van der Waals surface area contributed by atoms with Crippen LogP contribution in [0.5, 0.6) is 0 Å². The number of aromatic nitrogens is 2. The van der Waals surface area contributed by atoms with Gasteiger partial charge in [-0.2, -0.15) is 0 Å². The van der Waals surface area contributed by atoms with Crippen LogP contribution in [0.3, 0.4) is 0 Å². The van der Waals surface area contributed by atoms with Crippen LogP contribution in [0.4, 0.5) is 5.69 Å². The smallest absolute Gasteiger partial charge is 0.156 e. The number of anilines is 1. The highest BCUT2D eigenvalue weighted by Gasteiger charge is 2.13. The number of rotatable bonds is 3. The van der Waals surface area contributed by atoms with Gasteiger partial charge in [0.05, 0.1) is 0 Å². The van der Waals surface area contributed by atoms with E-state index in [1.54, 1.807) is 11.8 Å². The zero-order valence-corrected chi connectivity index (χ0v) is 10.1. The van der Waals surface area contributed by atoms with Crippen molar-refractivity contribution >= 4 is 29.1 Å². The molecule has 0 amide bonds. The third-order valence-corrected chi connectivity index (χ3v) is 3.80. The zero-order chi connectivity index (χ0) is 10.7. The predicted molar refractivity (Wildman–Crippen MR) is 61.6 cm³/mol. The molecule has 1 heterocycles. The molecule has 1 rings (SSSR count). The first-order valence-corrected chi connectivity index (χ1v) is 5.70. The SMILES string of the molecule is CC(C)C(C)Sc1ncnc(Cl)c1N. The van der Waals surface area contributed by atoms with Crippen molar-refractivity contribution in [3.8, 4) is 0 Å². The van der Waals surface area contributed by atoms with Gasteiger partial charge in [0.15, 0.2) is 5.15 Å². The lowest BCUT2D eigenvalue weighted by Gasteiger charge is -2.15. The summed E-state index contributed by atoms with van der Waals surface area (Å²) < 4.78 is 0. The molecule has 5 heteroatoms. The summed E-state index contributed by atoms with van der Waals surface area (Å²) in [4.78, 5) is 7.91. The Morgan fingerprint density at radius 2 is 2.00 bits per heavy atom. The van der Waals surface area contributed by atoms with Crippen LogP contribution in [0.2, 0.25) is 5.15 Å². The van der Waals surface area contributed by atoms with E-state index >= 15 is 0 Å². The Balaban J connectivity index is 2.82. The van der Waals surface area contributed by atoms with Gasteiger partial charge in [0.25, 0.3) is 0 Å². The summed E-state index contributed by atoms with van der Waals surface area (Å²) >= 11 is 7.42. The van der Waals surface area contributed by atoms with E-state index in [4.69, 9.17) is 17.3 Å². The van der Waals surface area contributed by atoms with Crippen LogP contribution in [-0.4, -0.2) is 15.2 Å². The van der Waals surface area contributed by atoms with Gasteiger partial charge in [-0.3, -0.25) is 0 Å². The van der Waals surface area contributed by atoms with Crippen molar-refractivity contribution in [2.75, 3.05) is 5.73 Å². The fourth-order valence-corrected chi connectivity index (χ4v) is 1.91. The number of thioether (sulfide) groups is 1. The first-order chi connectivity index (χ1) is 6.52. The van der Waals surface area contributed by atoms with Gasteiger partial charge in [-0.15, -0.1) is 11.8 Å². The average molecular weight is 232 g/mol. The van der Waals surface area contributed by atoms with Crippen LogP contribution in [-0.2, 0) is 0 Å². The Bertz CT molecular complexity index is 317. The third-order valence-electron chi connectivity index (χ3n) is 2.04. The summed E-state index contributed by atoms with van der Waals surface area (Å²) in [6.07, 6.45) is 1.44. The Morgan fingerprint density at radius 3 is 2.57 bits per heavy atom. The van der Waals surface area contributed by atoms with Gasteiger partial charge in [-0.1, -0.05) is 32.4 Å². The number of nitrogen functional groups attached to an aromatic ring is 1. The molecule has 3 nitrogen and oxygen atoms in total. The van der Waals surface area contributed by atoms with Gasteiger partial charge in [0, 0.05) is 5.25 Å². The fraction of sp³-hybridized carbons (Fsp3) is 0.556. The van der Waals surface area contributed by atoms with E-state index in [2.05, 4.69) is 30.7 Å². The lowest BCUT2D eigenvalue weighted by atomic mass is 10.2. The summed E-state index contributed by atoms with van der Waals surface area (Å²) in [6.45, 7) is 6.47. The lowest BCUT2D eigenvalue weighted by molar-refractivity contribution is 0.641. The lowest BCUT2D eigenvalue weighted by Crippen LogP contribution is -2.07. The first kappa shape index (κ1) is 11.6. The highest BCUT2D eigenvalue weighted by atomic mass is 35.5. The minimum Gasteiger partial charge on any atom is -0.394 e. The molecule has 0 radical (unpaired) electrons. The van der Waals surface area contributed by atoms with Crippen LogP contribution in [0.25, 0.3) is 0 Å². The molecule has 78 valence electrons. The molecule has 1 aromatic heterocycles. The molecule has 0 saturated heterocycles. The summed E-state index contributed by atoms with van der Waals surface area (Å²) in [7, 11) is 0. The highest BCUT2D eigenvalue weighted by Crippen LogP contribution is 2.32. The van der Waals surface area contributed by atoms with Gasteiger partial charge >= 0.3 is 0 Å². The van der Waals surface area contributed by atoms with Crippen molar-refractivity contribution in [3.63, 3.8) is 0 Å². The van der Waals surface area contributed by atoms with Crippen molar-refractivity contribution in [3.05, 3.63) is 11.5 Å². The summed E-state index contributed by atoms with van der Waals surface area (Å²) in [5.74, 6) is 0.577. The average Bonchev–Trinajstić information content (AvgIpc) is 2.12. The van der Waals surface area contributed by atoms with Crippen molar-refractivity contribution in [2.24, 2.45) is 5.92 Å². The standard InChI is InChI=1S/C9H14ClN3S/c1-5(2)6(3)14-9-7(11)8(10)12-4-13-9/h4-6H,11H2,1-3H3. The third kappa shape index (κ3) is 2.75. The summed E-state index contributed by atoms with van der Waals surface area (Å²) in [5, 5.41) is 1.56. The molecule has 1 aromatic rings. The second-order valence-corrected chi connectivity index (χ2v) is 5.17. The van der Waals surface area contributed by atoms with Crippen LogP contribution >= 0.6 is 23.4 Å². The number of halogens is 1. The molecule has 0 fully saturated rings. The molecular weight excluding hydrogens is 218 g/mol. The molecule has 0 aliphatic heterocycles. The van der Waals surface area contributed by atoms with Crippen LogP contribution in [0.1, 0.15) is 20.8 Å². The Hall–Kier alpha value is -0.480. The molecular formula is C9H14ClN3S. The normalized spacial score (nSPS) is 13.2. The van der Waals surface area contributed by atoms with E-state index in [1.807, 2.05) is 0 Å². The number of hydrogen-bond donors (Lipinski definition) is 1. The molecule has 0 aromatic carbocycles. The van der Waals surface area contributed by atoms with E-state index in [1.165, 1.54) is 6.33 Å². The molecule has 1 unspecified atom stereocenters. The van der Waals surface area contributed by atoms with E-state index in [-0.39, 0.29) is 0 Å². The maximum Gasteiger partial charge on any atom is 0.156 e. The monoisotopic (exact) mass is 231 g/mol. The molecule has 14 heavy (non-hydrogen) atoms. The Morgan fingerprint density at radius 1 is 1.36 bits per heavy atom. The van der Waals surface area contributed by atoms with E-state index in [9.17, 15) is 0 Å². The molecule has 0 saturated carbocycles. The minimum absolute atomic E-state index is 0.332. The topological polar surface area (TPSA) is 51.8 Å². The van der Waals surface area contributed by atoms with E-state index in [0.29, 0.717) is 22.0 Å². The Kier molecular flexibility index (Phi) is 4.01. The molecule has 0 bridgehead atoms. The summed E-state index contributed by atoms with van der Waals surface area (Å²) in [6, 6.07) is 0. The predicted octanol–water partition coefficient (Wildman–Crippen LogP) is 2.85. The minimum atomic E-state index is 0.332. The van der Waals surface area contributed by atoms with Crippen molar-refractivity contribution in [2.45, 2.75) is 31.0 Å². The van der Waals surface area contributed by atoms with E-state index < -0.39 is 0 Å². The van der Waals surface area contributed by atoms with Gasteiger partial charge < -0.3 is 5.73 Å². The van der Waals surface area contributed by atoms with Crippen molar-refractivity contribution in [1.29, 1.82) is 0 Å². The number of nitrogens with zero attached hydrogens (tertiary/aromatic N) is 2. The molecule has 0 aliphatic carbocycles. The molecule has 1 atom stereocenters. The highest BCUT2D eigenvalue weighted by molar-refractivity contribution is 8.00. The zero-order valence-electron chi connectivity index (χ0n) is 8.49.